The second-order valence-electron chi connectivity index (χ2n) is 7.08. The molecule has 3 rings (SSSR count). The van der Waals surface area contributed by atoms with Crippen molar-refractivity contribution in [3.8, 4) is 28.0 Å². The Morgan fingerprint density at radius 3 is 2.36 bits per heavy atom. The maximum atomic E-state index is 11.4. The summed E-state index contributed by atoms with van der Waals surface area (Å²) in [6.45, 7) is 4.90. The Morgan fingerprint density at radius 2 is 1.64 bits per heavy atom. The van der Waals surface area contributed by atoms with Gasteiger partial charge in [0.25, 0.3) is 0 Å². The van der Waals surface area contributed by atoms with Crippen molar-refractivity contribution in [3.05, 3.63) is 77.3 Å². The van der Waals surface area contributed by atoms with Crippen molar-refractivity contribution in [2.45, 2.75) is 20.3 Å². The number of benzene rings is 3. The Bertz CT molecular complexity index is 979. The van der Waals surface area contributed by atoms with E-state index in [-0.39, 0.29) is 5.56 Å². The number of rotatable bonds is 7. The van der Waals surface area contributed by atoms with Crippen molar-refractivity contribution in [2.24, 2.45) is 5.92 Å². The number of carboxylic acid groups (broad SMARTS) is 1. The maximum absolute atomic E-state index is 11.4. The monoisotopic (exact) mass is 394 g/mol. The molecule has 3 nitrogen and oxygen atoms in total. The van der Waals surface area contributed by atoms with Gasteiger partial charge in [0.2, 0.25) is 0 Å². The smallest absolute Gasteiger partial charge is 0.335 e. The highest BCUT2D eigenvalue weighted by Gasteiger charge is 2.15. The van der Waals surface area contributed by atoms with Crippen LogP contribution in [-0.2, 0) is 0 Å². The summed E-state index contributed by atoms with van der Waals surface area (Å²) in [6, 6.07) is 20.5. The highest BCUT2D eigenvalue weighted by atomic mass is 35.5. The van der Waals surface area contributed by atoms with E-state index in [0.717, 1.165) is 28.7 Å². The lowest BCUT2D eigenvalue weighted by Gasteiger charge is -2.17. The normalized spacial score (nSPS) is 10.9. The Labute approximate surface area is 170 Å². The summed E-state index contributed by atoms with van der Waals surface area (Å²) in [5.41, 5.74) is 3.87. The molecule has 0 aliphatic heterocycles. The Morgan fingerprint density at radius 1 is 0.964 bits per heavy atom. The van der Waals surface area contributed by atoms with Crippen LogP contribution in [-0.4, -0.2) is 17.7 Å². The van der Waals surface area contributed by atoms with E-state index in [1.807, 2.05) is 48.5 Å². The lowest BCUT2D eigenvalue weighted by Crippen LogP contribution is -2.03. The second-order valence-corrected chi connectivity index (χ2v) is 7.49. The number of aromatic carboxylic acids is 1. The number of carbonyl (C=O) groups is 1. The molecule has 0 aromatic heterocycles. The summed E-state index contributed by atoms with van der Waals surface area (Å²) < 4.78 is 6.06. The number of hydrogen-bond acceptors (Lipinski definition) is 2. The van der Waals surface area contributed by atoms with Gasteiger partial charge in [0, 0.05) is 5.56 Å². The van der Waals surface area contributed by atoms with Gasteiger partial charge in [0.05, 0.1) is 17.2 Å². The summed E-state index contributed by atoms with van der Waals surface area (Å²) >= 11 is 6.46. The van der Waals surface area contributed by atoms with E-state index in [0.29, 0.717) is 23.3 Å². The highest BCUT2D eigenvalue weighted by molar-refractivity contribution is 6.32. The molecule has 28 heavy (non-hydrogen) atoms. The van der Waals surface area contributed by atoms with Gasteiger partial charge in [-0.05, 0) is 47.2 Å². The van der Waals surface area contributed by atoms with Crippen molar-refractivity contribution in [1.29, 1.82) is 0 Å². The molecule has 0 bridgehead atoms. The quantitative estimate of drug-likeness (QED) is 0.479. The molecular weight excluding hydrogens is 372 g/mol. The minimum absolute atomic E-state index is 0.256. The van der Waals surface area contributed by atoms with Gasteiger partial charge >= 0.3 is 5.97 Å². The number of halogens is 1. The van der Waals surface area contributed by atoms with Gasteiger partial charge in [-0.15, -0.1) is 0 Å². The van der Waals surface area contributed by atoms with Crippen LogP contribution in [0.4, 0.5) is 0 Å². The fraction of sp³-hybridized carbons (Fsp3) is 0.208. The molecule has 0 spiro atoms. The van der Waals surface area contributed by atoms with Crippen molar-refractivity contribution in [2.75, 3.05) is 6.61 Å². The predicted molar refractivity (Wildman–Crippen MR) is 114 cm³/mol. The van der Waals surface area contributed by atoms with Crippen LogP contribution in [0.1, 0.15) is 30.6 Å². The first-order valence-corrected chi connectivity index (χ1v) is 9.69. The van der Waals surface area contributed by atoms with E-state index in [4.69, 9.17) is 16.3 Å². The van der Waals surface area contributed by atoms with Crippen LogP contribution in [0.5, 0.6) is 5.75 Å². The molecule has 0 unspecified atom stereocenters. The predicted octanol–water partition coefficient (Wildman–Crippen LogP) is 6.80. The molecule has 144 valence electrons. The van der Waals surface area contributed by atoms with Crippen molar-refractivity contribution < 1.29 is 14.6 Å². The first kappa shape index (κ1) is 20.0. The minimum atomic E-state index is -0.945. The summed E-state index contributed by atoms with van der Waals surface area (Å²) in [5, 5.41) is 9.89. The van der Waals surface area contributed by atoms with Crippen LogP contribution >= 0.6 is 11.6 Å². The average Bonchev–Trinajstić information content (AvgIpc) is 2.69. The van der Waals surface area contributed by atoms with Gasteiger partial charge in [-0.3, -0.25) is 0 Å². The van der Waals surface area contributed by atoms with Crippen LogP contribution < -0.4 is 4.74 Å². The zero-order valence-corrected chi connectivity index (χ0v) is 16.7. The molecular formula is C24H23ClO3. The minimum Gasteiger partial charge on any atom is -0.491 e. The molecule has 0 atom stereocenters. The molecule has 0 saturated heterocycles. The molecule has 0 aliphatic carbocycles. The van der Waals surface area contributed by atoms with Crippen molar-refractivity contribution in [3.63, 3.8) is 0 Å². The average molecular weight is 395 g/mol. The third-order valence-corrected chi connectivity index (χ3v) is 4.84. The van der Waals surface area contributed by atoms with Gasteiger partial charge in [-0.25, -0.2) is 4.79 Å². The lowest BCUT2D eigenvalue weighted by molar-refractivity contribution is 0.0697. The largest absolute Gasteiger partial charge is 0.491 e. The first-order valence-electron chi connectivity index (χ1n) is 9.32. The molecule has 0 aliphatic rings. The summed E-state index contributed by atoms with van der Waals surface area (Å²) in [6.07, 6.45) is 0.937. The molecule has 1 N–H and O–H groups in total. The third kappa shape index (κ3) is 4.55. The molecule has 0 saturated carbocycles. The zero-order chi connectivity index (χ0) is 20.1. The van der Waals surface area contributed by atoms with Gasteiger partial charge in [-0.2, -0.15) is 0 Å². The summed E-state index contributed by atoms with van der Waals surface area (Å²) in [5.74, 6) is 0.253. The molecule has 4 heteroatoms. The number of carboxylic acids is 1. The fourth-order valence-corrected chi connectivity index (χ4v) is 3.28. The van der Waals surface area contributed by atoms with E-state index in [1.54, 1.807) is 18.2 Å². The lowest BCUT2D eigenvalue weighted by atomic mass is 9.93. The van der Waals surface area contributed by atoms with Gasteiger partial charge < -0.3 is 9.84 Å². The van der Waals surface area contributed by atoms with Crippen LogP contribution in [0.25, 0.3) is 22.3 Å². The highest BCUT2D eigenvalue weighted by Crippen LogP contribution is 2.41. The van der Waals surface area contributed by atoms with Gasteiger partial charge in [0.1, 0.15) is 5.75 Å². The van der Waals surface area contributed by atoms with E-state index >= 15 is 0 Å². The van der Waals surface area contributed by atoms with Crippen LogP contribution in [0.3, 0.4) is 0 Å². The van der Waals surface area contributed by atoms with Crippen molar-refractivity contribution in [1.82, 2.24) is 0 Å². The first-order chi connectivity index (χ1) is 13.5. The standard InChI is InChI=1S/C24H23ClO3/c1-16(2)13-14-28-23-21(11-6-12-22(23)25)20-10-4-3-9-19(20)17-7-5-8-18(15-17)24(26)27/h3-12,15-16H,13-14H2,1-2H3,(H,26,27). The van der Waals surface area contributed by atoms with E-state index in [9.17, 15) is 9.90 Å². The molecule has 3 aromatic rings. The van der Waals surface area contributed by atoms with Crippen LogP contribution in [0.2, 0.25) is 5.02 Å². The fourth-order valence-electron chi connectivity index (χ4n) is 3.05. The second kappa shape index (κ2) is 8.94. The maximum Gasteiger partial charge on any atom is 0.335 e. The number of ether oxygens (including phenoxy) is 1. The van der Waals surface area contributed by atoms with Gasteiger partial charge in [0.15, 0.2) is 0 Å². The summed E-state index contributed by atoms with van der Waals surface area (Å²) in [7, 11) is 0. The zero-order valence-electron chi connectivity index (χ0n) is 16.0. The topological polar surface area (TPSA) is 46.5 Å². The molecule has 3 aromatic carbocycles. The summed E-state index contributed by atoms with van der Waals surface area (Å²) in [4.78, 5) is 11.4. The molecule has 0 heterocycles. The van der Waals surface area contributed by atoms with E-state index in [2.05, 4.69) is 13.8 Å². The number of hydrogen-bond donors (Lipinski definition) is 1. The molecule has 0 amide bonds. The SMILES string of the molecule is CC(C)CCOc1c(Cl)cccc1-c1ccccc1-c1cccc(C(=O)O)c1. The molecule has 0 radical (unpaired) electrons. The molecule has 0 fully saturated rings. The van der Waals surface area contributed by atoms with Crippen LogP contribution in [0.15, 0.2) is 66.7 Å². The van der Waals surface area contributed by atoms with Crippen molar-refractivity contribution >= 4 is 17.6 Å². The Hall–Kier alpha value is -2.78. The van der Waals surface area contributed by atoms with Crippen LogP contribution in [0, 0.1) is 5.92 Å². The van der Waals surface area contributed by atoms with E-state index in [1.165, 1.54) is 0 Å². The Kier molecular flexibility index (Phi) is 6.37. The Balaban J connectivity index is 2.08. The number of para-hydroxylation sites is 1. The van der Waals surface area contributed by atoms with E-state index < -0.39 is 5.97 Å². The third-order valence-electron chi connectivity index (χ3n) is 4.55. The van der Waals surface area contributed by atoms with Gasteiger partial charge in [-0.1, -0.05) is 74.0 Å².